The fourth-order valence-electron chi connectivity index (χ4n) is 2.84. The van der Waals surface area contributed by atoms with E-state index >= 15 is 0 Å². The zero-order valence-corrected chi connectivity index (χ0v) is 12.1. The van der Waals surface area contributed by atoms with Crippen molar-refractivity contribution in [2.75, 3.05) is 6.61 Å². The normalized spacial score (nSPS) is 35.8. The molecule has 2 aliphatic rings. The van der Waals surface area contributed by atoms with Crippen molar-refractivity contribution < 1.29 is 24.1 Å². The second-order valence-corrected chi connectivity index (χ2v) is 5.51. The highest BCUT2D eigenvalue weighted by Gasteiger charge is 2.54. The van der Waals surface area contributed by atoms with Crippen molar-refractivity contribution in [2.24, 2.45) is 10.2 Å². The zero-order chi connectivity index (χ0) is 16.3. The van der Waals surface area contributed by atoms with Crippen LogP contribution >= 0.6 is 0 Å². The molecule has 11 heteroatoms. The monoisotopic (exact) mass is 312 g/mol. The molecule has 120 valence electrons. The Morgan fingerprint density at radius 2 is 1.86 bits per heavy atom. The maximum Gasteiger partial charge on any atom is 0.329 e. The molecule has 0 unspecified atom stereocenters. The average Bonchev–Trinajstić information content (AvgIpc) is 2.74. The Balaban J connectivity index is 2.30. The summed E-state index contributed by atoms with van der Waals surface area (Å²) in [7, 11) is 0. The number of carboxylic acids is 1. The van der Waals surface area contributed by atoms with Gasteiger partial charge in [-0.1, -0.05) is 10.2 Å². The second kappa shape index (κ2) is 6.39. The molecule has 2 fully saturated rings. The molecule has 0 aromatic heterocycles. The lowest BCUT2D eigenvalue weighted by atomic mass is 9.84. The summed E-state index contributed by atoms with van der Waals surface area (Å²) in [5.41, 5.74) is 17.4. The first-order valence-corrected chi connectivity index (χ1v) is 6.65. The van der Waals surface area contributed by atoms with Crippen LogP contribution in [0.25, 0.3) is 20.9 Å². The first-order valence-electron chi connectivity index (χ1n) is 6.65. The maximum atomic E-state index is 10.7. The lowest BCUT2D eigenvalue weighted by molar-refractivity contribution is -0.164. The van der Waals surface area contributed by atoms with Gasteiger partial charge in [0, 0.05) is 9.82 Å². The van der Waals surface area contributed by atoms with Crippen molar-refractivity contribution in [1.29, 1.82) is 0 Å². The molecule has 1 aliphatic heterocycles. The lowest BCUT2D eigenvalue weighted by Gasteiger charge is -2.38. The average molecular weight is 312 g/mol. The van der Waals surface area contributed by atoms with Crippen LogP contribution in [-0.4, -0.2) is 53.9 Å². The Hall–Kier alpha value is -2.03. The van der Waals surface area contributed by atoms with Gasteiger partial charge in [0.2, 0.25) is 0 Å². The molecule has 11 nitrogen and oxygen atoms in total. The van der Waals surface area contributed by atoms with Crippen LogP contribution in [0, 0.1) is 0 Å². The molecule has 0 bridgehead atoms. The van der Waals surface area contributed by atoms with Crippen LogP contribution in [0.4, 0.5) is 0 Å². The quantitative estimate of drug-likeness (QED) is 0.463. The van der Waals surface area contributed by atoms with E-state index in [-0.39, 0.29) is 6.42 Å². The Labute approximate surface area is 125 Å². The van der Waals surface area contributed by atoms with E-state index in [1.165, 1.54) is 0 Å². The summed E-state index contributed by atoms with van der Waals surface area (Å²) in [5, 5.41) is 16.1. The van der Waals surface area contributed by atoms with Gasteiger partial charge in [0.05, 0.1) is 24.3 Å². The number of nitrogens with zero attached hydrogens (tertiary/aromatic N) is 6. The van der Waals surface area contributed by atoms with Crippen LogP contribution in [0.3, 0.4) is 0 Å². The molecule has 1 saturated carbocycles. The largest absolute Gasteiger partial charge is 0.480 e. The first kappa shape index (κ1) is 16.3. The number of fused-ring (bicyclic) bond motifs is 1. The second-order valence-electron chi connectivity index (χ2n) is 5.51. The third-order valence-electron chi connectivity index (χ3n) is 3.53. The summed E-state index contributed by atoms with van der Waals surface area (Å²) in [6.45, 7) is 2.83. The van der Waals surface area contributed by atoms with E-state index in [9.17, 15) is 4.79 Å². The number of hydrogen-bond donors (Lipinski definition) is 1. The molecule has 2 rings (SSSR count). The number of carboxylic acid groups (broad SMARTS) is 1. The molecule has 0 aromatic carbocycles. The van der Waals surface area contributed by atoms with Crippen LogP contribution < -0.4 is 0 Å². The number of aliphatic carboxylic acids is 1. The van der Waals surface area contributed by atoms with Crippen LogP contribution in [0.1, 0.15) is 20.3 Å². The smallest absolute Gasteiger partial charge is 0.329 e. The Kier molecular flexibility index (Phi) is 4.74. The van der Waals surface area contributed by atoms with Gasteiger partial charge in [0.1, 0.15) is 12.7 Å². The van der Waals surface area contributed by atoms with Crippen molar-refractivity contribution in [3.8, 4) is 0 Å². The molecule has 1 saturated heterocycles. The molecule has 0 spiro atoms. The van der Waals surface area contributed by atoms with E-state index in [0.29, 0.717) is 0 Å². The minimum atomic E-state index is -1.15. The molecule has 1 aliphatic carbocycles. The minimum absolute atomic E-state index is 0.193. The minimum Gasteiger partial charge on any atom is -0.480 e. The van der Waals surface area contributed by atoms with E-state index in [4.69, 9.17) is 30.4 Å². The zero-order valence-electron chi connectivity index (χ0n) is 12.1. The number of rotatable bonds is 5. The molecule has 1 N–H and O–H groups in total. The summed E-state index contributed by atoms with van der Waals surface area (Å²) in [4.78, 5) is 16.3. The van der Waals surface area contributed by atoms with Crippen LogP contribution in [0.15, 0.2) is 10.2 Å². The number of azide groups is 2. The third-order valence-corrected chi connectivity index (χ3v) is 3.53. The molecule has 1 heterocycles. The van der Waals surface area contributed by atoms with E-state index < -0.39 is 48.8 Å². The van der Waals surface area contributed by atoms with Crippen LogP contribution in [0.5, 0.6) is 0 Å². The summed E-state index contributed by atoms with van der Waals surface area (Å²) in [6, 6.07) is -1.30. The van der Waals surface area contributed by atoms with Gasteiger partial charge in [-0.2, -0.15) is 0 Å². The molecule has 0 amide bonds. The highest BCUT2D eigenvalue weighted by Crippen LogP contribution is 2.40. The first-order chi connectivity index (χ1) is 10.4. The molecular weight excluding hydrogens is 296 g/mol. The Bertz CT molecular complexity index is 541. The highest BCUT2D eigenvalue weighted by atomic mass is 16.8. The predicted octanol–water partition coefficient (Wildman–Crippen LogP) is 1.74. The van der Waals surface area contributed by atoms with Gasteiger partial charge in [-0.25, -0.2) is 4.79 Å². The Morgan fingerprint density at radius 3 is 2.45 bits per heavy atom. The number of hydrogen-bond acceptors (Lipinski definition) is 6. The van der Waals surface area contributed by atoms with E-state index in [1.54, 1.807) is 13.8 Å². The van der Waals surface area contributed by atoms with Crippen molar-refractivity contribution in [2.45, 2.75) is 56.5 Å². The fraction of sp³-hybridized carbons (Fsp3) is 0.909. The summed E-state index contributed by atoms with van der Waals surface area (Å²) < 4.78 is 16.8. The SMILES string of the molecule is CC1(C)O[C@@H]2[C@@H](O1)[C@H](N=[N+]=[N-])C[C@H](N=[N+]=[N-])[C@H]2OCC(=O)O. The fourth-order valence-corrected chi connectivity index (χ4v) is 2.84. The number of carbonyl (C=O) groups is 1. The maximum absolute atomic E-state index is 10.7. The third kappa shape index (κ3) is 3.41. The molecule has 22 heavy (non-hydrogen) atoms. The van der Waals surface area contributed by atoms with E-state index in [2.05, 4.69) is 20.1 Å². The molecule has 0 radical (unpaired) electrons. The number of ether oxygens (including phenoxy) is 3. The van der Waals surface area contributed by atoms with Crippen LogP contribution in [0.2, 0.25) is 0 Å². The highest BCUT2D eigenvalue weighted by molar-refractivity contribution is 5.68. The molecule has 0 aromatic rings. The van der Waals surface area contributed by atoms with Gasteiger partial charge < -0.3 is 19.3 Å². The van der Waals surface area contributed by atoms with Crippen molar-refractivity contribution in [3.63, 3.8) is 0 Å². The van der Waals surface area contributed by atoms with E-state index in [1.807, 2.05) is 0 Å². The van der Waals surface area contributed by atoms with E-state index in [0.717, 1.165) is 0 Å². The van der Waals surface area contributed by atoms with Crippen molar-refractivity contribution in [3.05, 3.63) is 20.9 Å². The van der Waals surface area contributed by atoms with Gasteiger partial charge >= 0.3 is 5.97 Å². The standard InChI is InChI=1S/C11H16N6O5/c1-11(2)21-9-6(15-17-13)3-5(14-16-12)8(10(9)22-11)20-4-7(18)19/h5-6,8-10H,3-4H2,1-2H3,(H,18,19)/t5-,6+,8+,9-,10-/m0/s1. The molecular formula is C11H16N6O5. The van der Waals surface area contributed by atoms with Crippen LogP contribution in [-0.2, 0) is 19.0 Å². The van der Waals surface area contributed by atoms with Crippen molar-refractivity contribution in [1.82, 2.24) is 0 Å². The Morgan fingerprint density at radius 1 is 1.27 bits per heavy atom. The lowest BCUT2D eigenvalue weighted by Crippen LogP contribution is -2.54. The predicted molar refractivity (Wildman–Crippen MR) is 71.7 cm³/mol. The summed E-state index contributed by atoms with van der Waals surface area (Å²) in [5.74, 6) is -2.08. The van der Waals surface area contributed by atoms with Gasteiger partial charge in [0.25, 0.3) is 0 Å². The van der Waals surface area contributed by atoms with Gasteiger partial charge in [-0.3, -0.25) is 0 Å². The topological polar surface area (TPSA) is 163 Å². The van der Waals surface area contributed by atoms with Gasteiger partial charge in [0.15, 0.2) is 5.79 Å². The molecule has 5 atom stereocenters. The van der Waals surface area contributed by atoms with Gasteiger partial charge in [-0.05, 0) is 31.3 Å². The van der Waals surface area contributed by atoms with Gasteiger partial charge in [-0.15, -0.1) is 0 Å². The van der Waals surface area contributed by atoms with Crippen molar-refractivity contribution >= 4 is 5.97 Å². The summed E-state index contributed by atoms with van der Waals surface area (Å²) >= 11 is 0. The summed E-state index contributed by atoms with van der Waals surface area (Å²) in [6.07, 6.45) is -1.87.